The lowest BCUT2D eigenvalue weighted by Gasteiger charge is -1.99. The van der Waals surface area contributed by atoms with E-state index in [-0.39, 0.29) is 0 Å². The highest BCUT2D eigenvalue weighted by molar-refractivity contribution is 7.19. The van der Waals surface area contributed by atoms with Gasteiger partial charge in [0.25, 0.3) is 0 Å². The topological polar surface area (TPSA) is 56.2 Å². The molecule has 0 atom stereocenters. The number of aromatic nitrogens is 4. The fraction of sp³-hybridized carbons (Fsp3) is 0. The summed E-state index contributed by atoms with van der Waals surface area (Å²) in [6, 6.07) is 21.2. The molecule has 0 fully saturated rings. The largest absolute Gasteiger partial charge is 0.453 e. The average Bonchev–Trinajstić information content (AvgIpc) is 3.38. The number of hydrogen-bond donors (Lipinski definition) is 0. The smallest absolute Gasteiger partial charge is 0.235 e. The van der Waals surface area contributed by atoms with Gasteiger partial charge >= 0.3 is 0 Å². The zero-order valence-corrected chi connectivity index (χ0v) is 14.9. The van der Waals surface area contributed by atoms with Gasteiger partial charge in [0.1, 0.15) is 5.76 Å². The summed E-state index contributed by atoms with van der Waals surface area (Å²) in [6.45, 7) is 0. The Morgan fingerprint density at radius 1 is 0.846 bits per heavy atom. The van der Waals surface area contributed by atoms with Crippen molar-refractivity contribution in [2.24, 2.45) is 0 Å². The van der Waals surface area contributed by atoms with Gasteiger partial charge < -0.3 is 4.42 Å². The van der Waals surface area contributed by atoms with Crippen LogP contribution in [0.15, 0.2) is 71.1 Å². The molecule has 5 aromatic rings. The Morgan fingerprint density at radius 3 is 2.46 bits per heavy atom. The molecule has 3 aromatic heterocycles. The minimum Gasteiger partial charge on any atom is -0.453 e. The molecule has 0 aliphatic carbocycles. The van der Waals surface area contributed by atoms with Crippen LogP contribution in [-0.2, 0) is 0 Å². The molecule has 0 radical (unpaired) electrons. The van der Waals surface area contributed by atoms with E-state index in [4.69, 9.17) is 16.0 Å². The molecule has 0 spiro atoms. The number of fused-ring (bicyclic) bond motifs is 1. The summed E-state index contributed by atoms with van der Waals surface area (Å²) in [5, 5.41) is 14.5. The summed E-state index contributed by atoms with van der Waals surface area (Å²) >= 11 is 7.68. The third-order valence-corrected chi connectivity index (χ3v) is 5.22. The van der Waals surface area contributed by atoms with Gasteiger partial charge in [-0.15, -0.1) is 15.3 Å². The summed E-state index contributed by atoms with van der Waals surface area (Å²) in [7, 11) is 0. The molecule has 0 unspecified atom stereocenters. The van der Waals surface area contributed by atoms with E-state index < -0.39 is 0 Å². The Balaban J connectivity index is 1.57. The first kappa shape index (κ1) is 15.3. The van der Waals surface area contributed by atoms with Crippen LogP contribution < -0.4 is 0 Å². The Bertz CT molecular complexity index is 1210. The van der Waals surface area contributed by atoms with E-state index in [1.165, 1.54) is 11.3 Å². The highest BCUT2D eigenvalue weighted by atomic mass is 35.5. The quantitative estimate of drug-likeness (QED) is 0.420. The Morgan fingerprint density at radius 2 is 1.62 bits per heavy atom. The van der Waals surface area contributed by atoms with E-state index in [1.54, 1.807) is 4.52 Å². The van der Waals surface area contributed by atoms with Gasteiger partial charge in [0.05, 0.1) is 5.02 Å². The van der Waals surface area contributed by atoms with Gasteiger partial charge in [-0.05, 0) is 24.3 Å². The van der Waals surface area contributed by atoms with Gasteiger partial charge in [-0.25, -0.2) is 0 Å². The Hall–Kier alpha value is -2.96. The second kappa shape index (κ2) is 6.09. The first-order valence-electron chi connectivity index (χ1n) is 7.92. The summed E-state index contributed by atoms with van der Waals surface area (Å²) < 4.78 is 7.73. The van der Waals surface area contributed by atoms with Crippen molar-refractivity contribution in [3.05, 3.63) is 71.8 Å². The SMILES string of the molecule is Clc1ccccc1-c1ccc(-c2nn3c(-c4ccccc4)nnc3s2)o1. The summed E-state index contributed by atoms with van der Waals surface area (Å²) in [4.78, 5) is 0.717. The molecular weight excluding hydrogens is 368 g/mol. The van der Waals surface area contributed by atoms with Crippen molar-refractivity contribution in [2.45, 2.75) is 0 Å². The molecule has 2 aromatic carbocycles. The van der Waals surface area contributed by atoms with Gasteiger partial charge in [0, 0.05) is 11.1 Å². The maximum atomic E-state index is 6.25. The van der Waals surface area contributed by atoms with Crippen molar-refractivity contribution in [2.75, 3.05) is 0 Å². The fourth-order valence-electron chi connectivity index (χ4n) is 2.74. The van der Waals surface area contributed by atoms with Crippen LogP contribution in [0.25, 0.3) is 38.4 Å². The Labute approximate surface area is 157 Å². The molecule has 0 bridgehead atoms. The third-order valence-electron chi connectivity index (χ3n) is 3.98. The van der Waals surface area contributed by atoms with Gasteiger partial charge in [-0.3, -0.25) is 0 Å². The van der Waals surface area contributed by atoms with Crippen LogP contribution in [0.3, 0.4) is 0 Å². The monoisotopic (exact) mass is 378 g/mol. The number of furan rings is 1. The molecule has 126 valence electrons. The first-order valence-corrected chi connectivity index (χ1v) is 9.12. The van der Waals surface area contributed by atoms with Crippen LogP contribution >= 0.6 is 22.9 Å². The van der Waals surface area contributed by atoms with E-state index >= 15 is 0 Å². The lowest BCUT2D eigenvalue weighted by Crippen LogP contribution is -1.90. The van der Waals surface area contributed by atoms with Crippen molar-refractivity contribution in [3.63, 3.8) is 0 Å². The van der Waals surface area contributed by atoms with Crippen LogP contribution in [-0.4, -0.2) is 19.8 Å². The van der Waals surface area contributed by atoms with Gasteiger partial charge in [-0.1, -0.05) is 65.4 Å². The molecule has 26 heavy (non-hydrogen) atoms. The van der Waals surface area contributed by atoms with Gasteiger partial charge in [-0.2, -0.15) is 4.52 Å². The predicted molar refractivity (Wildman–Crippen MR) is 102 cm³/mol. The maximum absolute atomic E-state index is 6.25. The van der Waals surface area contributed by atoms with Crippen molar-refractivity contribution in [1.82, 2.24) is 19.8 Å². The minimum atomic E-state index is 0.651. The van der Waals surface area contributed by atoms with Gasteiger partial charge in [0.15, 0.2) is 16.6 Å². The van der Waals surface area contributed by atoms with Crippen LogP contribution in [0.1, 0.15) is 0 Å². The van der Waals surface area contributed by atoms with Crippen LogP contribution in [0.5, 0.6) is 0 Å². The highest BCUT2D eigenvalue weighted by Gasteiger charge is 2.17. The molecule has 0 aliphatic rings. The van der Waals surface area contributed by atoms with Crippen molar-refractivity contribution in [3.8, 4) is 33.5 Å². The molecule has 5 nitrogen and oxygen atoms in total. The highest BCUT2D eigenvalue weighted by Crippen LogP contribution is 2.34. The predicted octanol–water partition coefficient (Wildman–Crippen LogP) is 5.43. The maximum Gasteiger partial charge on any atom is 0.235 e. The summed E-state index contributed by atoms with van der Waals surface area (Å²) in [5.74, 6) is 2.09. The van der Waals surface area contributed by atoms with Crippen LogP contribution in [0.4, 0.5) is 0 Å². The second-order valence-corrected chi connectivity index (χ2v) is 7.00. The number of nitrogens with zero attached hydrogens (tertiary/aromatic N) is 4. The standard InChI is InChI=1S/C19H11ClN4OS/c20-14-9-5-4-8-13(14)15-10-11-16(25-15)18-23-24-17(21-22-19(24)26-18)12-6-2-1-3-7-12/h1-11H. The average molecular weight is 379 g/mol. The number of benzene rings is 2. The van der Waals surface area contributed by atoms with Crippen LogP contribution in [0.2, 0.25) is 5.02 Å². The summed E-state index contributed by atoms with van der Waals surface area (Å²) in [6.07, 6.45) is 0. The van der Waals surface area contributed by atoms with E-state index in [0.29, 0.717) is 22.4 Å². The molecule has 0 aliphatic heterocycles. The lowest BCUT2D eigenvalue weighted by atomic mass is 10.2. The van der Waals surface area contributed by atoms with Crippen molar-refractivity contribution >= 4 is 27.9 Å². The zero-order valence-electron chi connectivity index (χ0n) is 13.3. The van der Waals surface area contributed by atoms with E-state index in [9.17, 15) is 0 Å². The van der Waals surface area contributed by atoms with Crippen molar-refractivity contribution in [1.29, 1.82) is 0 Å². The first-order chi connectivity index (χ1) is 12.8. The van der Waals surface area contributed by atoms with Crippen LogP contribution in [0, 0.1) is 0 Å². The number of hydrogen-bond acceptors (Lipinski definition) is 5. The summed E-state index contributed by atoms with van der Waals surface area (Å²) in [5.41, 5.74) is 1.82. The van der Waals surface area contributed by atoms with E-state index in [0.717, 1.165) is 21.1 Å². The molecule has 0 saturated heterocycles. The molecule has 3 heterocycles. The number of rotatable bonds is 3. The normalized spacial score (nSPS) is 11.3. The molecule has 0 saturated carbocycles. The van der Waals surface area contributed by atoms with Crippen molar-refractivity contribution < 1.29 is 4.42 Å². The zero-order chi connectivity index (χ0) is 17.5. The minimum absolute atomic E-state index is 0.651. The van der Waals surface area contributed by atoms with E-state index in [2.05, 4.69) is 15.3 Å². The Kier molecular flexibility index (Phi) is 3.58. The molecule has 5 rings (SSSR count). The molecule has 7 heteroatoms. The number of halogens is 1. The second-order valence-electron chi connectivity index (χ2n) is 5.63. The molecule has 0 amide bonds. The van der Waals surface area contributed by atoms with Gasteiger partial charge in [0.2, 0.25) is 4.96 Å². The van der Waals surface area contributed by atoms with E-state index in [1.807, 2.05) is 66.7 Å². The lowest BCUT2D eigenvalue weighted by molar-refractivity contribution is 0.595. The fourth-order valence-corrected chi connectivity index (χ4v) is 3.77. The molecular formula is C19H11ClN4OS. The third kappa shape index (κ3) is 2.51. The molecule has 0 N–H and O–H groups in total.